The zero-order valence-electron chi connectivity index (χ0n) is 10.2. The number of hydrogen-bond donors (Lipinski definition) is 1. The molecule has 2 amide bonds. The summed E-state index contributed by atoms with van der Waals surface area (Å²) in [4.78, 5) is 13.8. The van der Waals surface area contributed by atoms with Crippen LogP contribution in [0.25, 0.3) is 0 Å². The summed E-state index contributed by atoms with van der Waals surface area (Å²) < 4.78 is 0. The molecule has 0 saturated carbocycles. The summed E-state index contributed by atoms with van der Waals surface area (Å²) in [5.41, 5.74) is 1.93. The highest BCUT2D eigenvalue weighted by Crippen LogP contribution is 2.31. The highest BCUT2D eigenvalue weighted by Gasteiger charge is 2.32. The predicted octanol–water partition coefficient (Wildman–Crippen LogP) is 3.61. The minimum atomic E-state index is -0.0730. The number of nitrogens with zero attached hydrogens (tertiary/aromatic N) is 1. The molecule has 1 heterocycles. The third kappa shape index (κ3) is 2.29. The van der Waals surface area contributed by atoms with Crippen LogP contribution in [0.5, 0.6) is 0 Å². The van der Waals surface area contributed by atoms with Gasteiger partial charge in [0, 0.05) is 17.3 Å². The van der Waals surface area contributed by atoms with Crippen LogP contribution in [-0.2, 0) is 0 Å². The molecular formula is C15H13ClN2O. The smallest absolute Gasteiger partial charge is 0.322 e. The zero-order valence-corrected chi connectivity index (χ0v) is 11.0. The van der Waals surface area contributed by atoms with Crippen molar-refractivity contribution in [1.29, 1.82) is 0 Å². The van der Waals surface area contributed by atoms with Gasteiger partial charge < -0.3 is 5.32 Å². The average molecular weight is 273 g/mol. The van der Waals surface area contributed by atoms with E-state index in [0.717, 1.165) is 11.3 Å². The van der Waals surface area contributed by atoms with Crippen molar-refractivity contribution < 1.29 is 4.79 Å². The molecule has 4 heteroatoms. The first-order chi connectivity index (χ1) is 9.25. The van der Waals surface area contributed by atoms with E-state index in [1.165, 1.54) is 0 Å². The number of para-hydroxylation sites is 1. The standard InChI is InChI=1S/C15H13ClN2O/c16-12-6-4-5-11(9-12)14-10-17-15(19)18(14)13-7-2-1-3-8-13/h1-9,14H,10H2,(H,17,19). The first-order valence-electron chi connectivity index (χ1n) is 6.13. The van der Waals surface area contributed by atoms with Crippen molar-refractivity contribution >= 4 is 23.3 Å². The van der Waals surface area contributed by atoms with Crippen molar-refractivity contribution in [2.75, 3.05) is 11.4 Å². The second kappa shape index (κ2) is 4.94. The van der Waals surface area contributed by atoms with Gasteiger partial charge in [0.2, 0.25) is 0 Å². The van der Waals surface area contributed by atoms with Gasteiger partial charge in [-0.2, -0.15) is 0 Å². The fourth-order valence-corrected chi connectivity index (χ4v) is 2.57. The summed E-state index contributed by atoms with van der Waals surface area (Å²) in [6.45, 7) is 0.591. The minimum absolute atomic E-state index is 0.0198. The first kappa shape index (κ1) is 12.1. The van der Waals surface area contributed by atoms with E-state index in [2.05, 4.69) is 5.32 Å². The number of anilines is 1. The molecule has 0 spiro atoms. The molecule has 96 valence electrons. The Balaban J connectivity index is 1.99. The van der Waals surface area contributed by atoms with Crippen molar-refractivity contribution in [3.05, 3.63) is 65.2 Å². The molecule has 1 atom stereocenters. The Hall–Kier alpha value is -2.00. The number of hydrogen-bond acceptors (Lipinski definition) is 1. The van der Waals surface area contributed by atoms with Gasteiger partial charge in [-0.25, -0.2) is 4.79 Å². The number of urea groups is 1. The molecule has 1 aliphatic rings. The van der Waals surface area contributed by atoms with E-state index in [1.54, 1.807) is 4.90 Å². The van der Waals surface area contributed by atoms with E-state index in [1.807, 2.05) is 54.6 Å². The largest absolute Gasteiger partial charge is 0.335 e. The van der Waals surface area contributed by atoms with E-state index >= 15 is 0 Å². The monoisotopic (exact) mass is 272 g/mol. The van der Waals surface area contributed by atoms with Crippen LogP contribution in [-0.4, -0.2) is 12.6 Å². The van der Waals surface area contributed by atoms with Gasteiger partial charge in [0.15, 0.2) is 0 Å². The quantitative estimate of drug-likeness (QED) is 0.890. The normalized spacial score (nSPS) is 18.5. The molecule has 19 heavy (non-hydrogen) atoms. The molecule has 1 aliphatic heterocycles. The molecular weight excluding hydrogens is 260 g/mol. The zero-order chi connectivity index (χ0) is 13.2. The van der Waals surface area contributed by atoms with Gasteiger partial charge >= 0.3 is 6.03 Å². The van der Waals surface area contributed by atoms with Crippen LogP contribution in [0.3, 0.4) is 0 Å². The molecule has 3 nitrogen and oxygen atoms in total. The van der Waals surface area contributed by atoms with Gasteiger partial charge in [0.25, 0.3) is 0 Å². The minimum Gasteiger partial charge on any atom is -0.335 e. The molecule has 2 aromatic rings. The second-order valence-electron chi connectivity index (χ2n) is 4.46. The molecule has 0 bridgehead atoms. The summed E-state index contributed by atoms with van der Waals surface area (Å²) in [5, 5.41) is 3.57. The number of carbonyl (C=O) groups excluding carboxylic acids is 1. The average Bonchev–Trinajstić information content (AvgIpc) is 2.82. The summed E-state index contributed by atoms with van der Waals surface area (Å²) >= 11 is 6.03. The van der Waals surface area contributed by atoms with Gasteiger partial charge in [-0.1, -0.05) is 41.9 Å². The molecule has 0 aliphatic carbocycles. The van der Waals surface area contributed by atoms with E-state index in [9.17, 15) is 4.79 Å². The van der Waals surface area contributed by atoms with Gasteiger partial charge in [0.1, 0.15) is 0 Å². The Morgan fingerprint density at radius 3 is 2.63 bits per heavy atom. The lowest BCUT2D eigenvalue weighted by atomic mass is 10.1. The Morgan fingerprint density at radius 2 is 1.89 bits per heavy atom. The van der Waals surface area contributed by atoms with Crippen molar-refractivity contribution in [3.8, 4) is 0 Å². The maximum atomic E-state index is 12.0. The number of amides is 2. The summed E-state index contributed by atoms with van der Waals surface area (Å²) in [5.74, 6) is 0. The van der Waals surface area contributed by atoms with Gasteiger partial charge in [0.05, 0.1) is 6.04 Å². The third-order valence-corrected chi connectivity index (χ3v) is 3.48. The molecule has 0 aromatic heterocycles. The summed E-state index contributed by atoms with van der Waals surface area (Å²) in [6.07, 6.45) is 0. The maximum Gasteiger partial charge on any atom is 0.322 e. The Kier molecular flexibility index (Phi) is 3.13. The first-order valence-corrected chi connectivity index (χ1v) is 6.51. The predicted molar refractivity (Wildman–Crippen MR) is 76.5 cm³/mol. The summed E-state index contributed by atoms with van der Waals surface area (Å²) in [6, 6.07) is 17.2. The van der Waals surface area contributed by atoms with E-state index in [-0.39, 0.29) is 12.1 Å². The molecule has 2 aromatic carbocycles. The van der Waals surface area contributed by atoms with Crippen molar-refractivity contribution in [2.24, 2.45) is 0 Å². The Morgan fingerprint density at radius 1 is 1.11 bits per heavy atom. The maximum absolute atomic E-state index is 12.0. The molecule has 3 rings (SSSR count). The van der Waals surface area contributed by atoms with E-state index < -0.39 is 0 Å². The fourth-order valence-electron chi connectivity index (χ4n) is 2.37. The summed E-state index contributed by atoms with van der Waals surface area (Å²) in [7, 11) is 0. The van der Waals surface area contributed by atoms with Crippen LogP contribution in [0, 0.1) is 0 Å². The molecule has 1 N–H and O–H groups in total. The SMILES string of the molecule is O=C1NCC(c2cccc(Cl)c2)N1c1ccccc1. The van der Waals surface area contributed by atoms with Crippen LogP contribution in [0.2, 0.25) is 5.02 Å². The van der Waals surface area contributed by atoms with Crippen molar-refractivity contribution in [2.45, 2.75) is 6.04 Å². The Bertz CT molecular complexity index is 600. The number of carbonyl (C=O) groups is 1. The van der Waals surface area contributed by atoms with E-state index in [0.29, 0.717) is 11.6 Å². The number of rotatable bonds is 2. The third-order valence-electron chi connectivity index (χ3n) is 3.24. The van der Waals surface area contributed by atoms with Crippen LogP contribution in [0.1, 0.15) is 11.6 Å². The van der Waals surface area contributed by atoms with Crippen molar-refractivity contribution in [1.82, 2.24) is 5.32 Å². The van der Waals surface area contributed by atoms with Crippen LogP contribution >= 0.6 is 11.6 Å². The number of nitrogens with one attached hydrogen (secondary N) is 1. The van der Waals surface area contributed by atoms with Gasteiger partial charge in [-0.15, -0.1) is 0 Å². The molecule has 1 saturated heterocycles. The van der Waals surface area contributed by atoms with Gasteiger partial charge in [-0.05, 0) is 29.8 Å². The highest BCUT2D eigenvalue weighted by atomic mass is 35.5. The van der Waals surface area contributed by atoms with Gasteiger partial charge in [-0.3, -0.25) is 4.90 Å². The lowest BCUT2D eigenvalue weighted by Crippen LogP contribution is -2.29. The van der Waals surface area contributed by atoms with Crippen molar-refractivity contribution in [3.63, 3.8) is 0 Å². The van der Waals surface area contributed by atoms with Crippen LogP contribution < -0.4 is 10.2 Å². The lowest BCUT2D eigenvalue weighted by molar-refractivity contribution is 0.251. The van der Waals surface area contributed by atoms with Crippen LogP contribution in [0.15, 0.2) is 54.6 Å². The Labute approximate surface area is 116 Å². The topological polar surface area (TPSA) is 32.3 Å². The fraction of sp³-hybridized carbons (Fsp3) is 0.133. The highest BCUT2D eigenvalue weighted by molar-refractivity contribution is 6.30. The molecule has 1 unspecified atom stereocenters. The number of benzene rings is 2. The lowest BCUT2D eigenvalue weighted by Gasteiger charge is -2.23. The molecule has 1 fully saturated rings. The number of halogens is 1. The second-order valence-corrected chi connectivity index (χ2v) is 4.90. The van der Waals surface area contributed by atoms with Crippen LogP contribution in [0.4, 0.5) is 10.5 Å². The molecule has 0 radical (unpaired) electrons. The van der Waals surface area contributed by atoms with E-state index in [4.69, 9.17) is 11.6 Å².